The van der Waals surface area contributed by atoms with Crippen LogP contribution in [0.4, 0.5) is 0 Å². The molecule has 2 fully saturated rings. The molecule has 1 saturated carbocycles. The van der Waals surface area contributed by atoms with Crippen molar-refractivity contribution in [2.75, 3.05) is 6.54 Å². The van der Waals surface area contributed by atoms with E-state index in [1.807, 2.05) is 12.1 Å². The lowest BCUT2D eigenvalue weighted by molar-refractivity contribution is 0.106. The van der Waals surface area contributed by atoms with Crippen LogP contribution in [0, 0.1) is 11.8 Å². The van der Waals surface area contributed by atoms with Crippen molar-refractivity contribution in [3.8, 4) is 0 Å². The van der Waals surface area contributed by atoms with Gasteiger partial charge in [-0.15, -0.1) is 0 Å². The van der Waals surface area contributed by atoms with Crippen LogP contribution >= 0.6 is 0 Å². The molecular formula is C17H24BNO2. The SMILES string of the molecule is CC12CCC3c4ccc(B(O)O)cc4CCC3C1CCN2. The smallest absolute Gasteiger partial charge is 0.423 e. The van der Waals surface area contributed by atoms with Crippen LogP contribution in [0.25, 0.3) is 0 Å². The van der Waals surface area contributed by atoms with E-state index in [0.717, 1.165) is 18.3 Å². The Kier molecular flexibility index (Phi) is 3.18. The summed E-state index contributed by atoms with van der Waals surface area (Å²) in [7, 11) is -1.35. The number of nitrogens with one attached hydrogen (secondary N) is 1. The minimum Gasteiger partial charge on any atom is -0.423 e. The highest BCUT2D eigenvalue weighted by molar-refractivity contribution is 6.58. The Morgan fingerprint density at radius 2 is 2.10 bits per heavy atom. The average molecular weight is 285 g/mol. The lowest BCUT2D eigenvalue weighted by atomic mass is 9.58. The zero-order valence-electron chi connectivity index (χ0n) is 12.7. The van der Waals surface area contributed by atoms with Gasteiger partial charge in [0.15, 0.2) is 0 Å². The maximum absolute atomic E-state index is 9.36. The molecule has 0 spiro atoms. The number of hydrogen-bond acceptors (Lipinski definition) is 3. The van der Waals surface area contributed by atoms with E-state index in [4.69, 9.17) is 0 Å². The van der Waals surface area contributed by atoms with Gasteiger partial charge in [0.2, 0.25) is 0 Å². The van der Waals surface area contributed by atoms with Crippen LogP contribution < -0.4 is 10.8 Å². The summed E-state index contributed by atoms with van der Waals surface area (Å²) >= 11 is 0. The molecule has 1 aromatic carbocycles. The van der Waals surface area contributed by atoms with Gasteiger partial charge in [-0.1, -0.05) is 18.2 Å². The van der Waals surface area contributed by atoms with Gasteiger partial charge in [0.05, 0.1) is 0 Å². The lowest BCUT2D eigenvalue weighted by Crippen LogP contribution is -2.50. The van der Waals surface area contributed by atoms with E-state index < -0.39 is 7.12 Å². The van der Waals surface area contributed by atoms with Crippen LogP contribution in [0.15, 0.2) is 18.2 Å². The molecule has 0 aromatic heterocycles. The van der Waals surface area contributed by atoms with Gasteiger partial charge in [-0.2, -0.15) is 0 Å². The predicted molar refractivity (Wildman–Crippen MR) is 84.6 cm³/mol. The maximum Gasteiger partial charge on any atom is 0.488 e. The molecule has 1 heterocycles. The molecule has 3 nitrogen and oxygen atoms in total. The lowest BCUT2D eigenvalue weighted by Gasteiger charge is -2.49. The van der Waals surface area contributed by atoms with Crippen molar-refractivity contribution in [1.82, 2.24) is 5.32 Å². The van der Waals surface area contributed by atoms with Crippen molar-refractivity contribution in [3.63, 3.8) is 0 Å². The van der Waals surface area contributed by atoms with Crippen LogP contribution in [0.3, 0.4) is 0 Å². The molecule has 4 atom stereocenters. The van der Waals surface area contributed by atoms with E-state index in [1.165, 1.54) is 43.4 Å². The first-order valence-electron chi connectivity index (χ1n) is 8.32. The quantitative estimate of drug-likeness (QED) is 0.679. The molecule has 4 unspecified atom stereocenters. The Morgan fingerprint density at radius 1 is 1.24 bits per heavy atom. The fourth-order valence-corrected chi connectivity index (χ4v) is 5.35. The minimum absolute atomic E-state index is 0.361. The highest BCUT2D eigenvalue weighted by atomic mass is 16.4. The zero-order valence-corrected chi connectivity index (χ0v) is 12.7. The summed E-state index contributed by atoms with van der Waals surface area (Å²) in [5.74, 6) is 2.29. The minimum atomic E-state index is -1.35. The van der Waals surface area contributed by atoms with Crippen LogP contribution in [0.1, 0.15) is 49.7 Å². The monoisotopic (exact) mass is 285 g/mol. The largest absolute Gasteiger partial charge is 0.488 e. The van der Waals surface area contributed by atoms with E-state index >= 15 is 0 Å². The van der Waals surface area contributed by atoms with Crippen LogP contribution in [0.5, 0.6) is 0 Å². The summed E-state index contributed by atoms with van der Waals surface area (Å²) in [6, 6.07) is 6.06. The predicted octanol–water partition coefficient (Wildman–Crippen LogP) is 1.17. The third-order valence-corrected chi connectivity index (χ3v) is 6.42. The highest BCUT2D eigenvalue weighted by Crippen LogP contribution is 2.53. The number of rotatable bonds is 1. The fourth-order valence-electron chi connectivity index (χ4n) is 5.35. The van der Waals surface area contributed by atoms with Gasteiger partial charge in [0, 0.05) is 5.54 Å². The van der Waals surface area contributed by atoms with Crippen molar-refractivity contribution in [2.24, 2.45) is 11.8 Å². The second-order valence-electron chi connectivity index (χ2n) is 7.42. The standard InChI is InChI=1S/C17H24BNO2/c1-17-8-6-14-13-5-3-12(18(20)21)10-11(13)2-4-15(14)16(17)7-9-19-17/h3,5,10,14-16,19-21H,2,4,6-9H2,1H3. The third-order valence-electron chi connectivity index (χ3n) is 6.42. The molecule has 1 aromatic rings. The number of aryl methyl sites for hydroxylation is 1. The molecule has 4 heteroatoms. The van der Waals surface area contributed by atoms with Crippen LogP contribution in [0.2, 0.25) is 0 Å². The summed E-state index contributed by atoms with van der Waals surface area (Å²) in [5.41, 5.74) is 3.82. The summed E-state index contributed by atoms with van der Waals surface area (Å²) < 4.78 is 0. The summed E-state index contributed by atoms with van der Waals surface area (Å²) in [5, 5.41) is 22.5. The Labute approximate surface area is 126 Å². The van der Waals surface area contributed by atoms with Gasteiger partial charge in [0.25, 0.3) is 0 Å². The second-order valence-corrected chi connectivity index (χ2v) is 7.42. The second kappa shape index (κ2) is 4.84. The van der Waals surface area contributed by atoms with E-state index in [9.17, 15) is 10.0 Å². The molecule has 3 aliphatic rings. The van der Waals surface area contributed by atoms with E-state index in [-0.39, 0.29) is 0 Å². The molecule has 0 radical (unpaired) electrons. The normalized spacial score (nSPS) is 37.6. The van der Waals surface area contributed by atoms with Gasteiger partial charge < -0.3 is 15.4 Å². The first-order chi connectivity index (χ1) is 10.1. The van der Waals surface area contributed by atoms with E-state index in [1.54, 1.807) is 0 Å². The number of fused-ring (bicyclic) bond motifs is 5. The molecule has 0 bridgehead atoms. The topological polar surface area (TPSA) is 52.5 Å². The molecule has 1 aliphatic heterocycles. The molecule has 4 rings (SSSR count). The van der Waals surface area contributed by atoms with Gasteiger partial charge in [-0.05, 0) is 79.9 Å². The third kappa shape index (κ3) is 2.08. The van der Waals surface area contributed by atoms with Gasteiger partial charge in [-0.3, -0.25) is 0 Å². The maximum atomic E-state index is 9.36. The molecule has 2 aliphatic carbocycles. The van der Waals surface area contributed by atoms with Crippen LogP contribution in [-0.2, 0) is 6.42 Å². The zero-order chi connectivity index (χ0) is 14.6. The summed E-state index contributed by atoms with van der Waals surface area (Å²) in [6.07, 6.45) is 6.19. The molecule has 0 amide bonds. The van der Waals surface area contributed by atoms with Crippen molar-refractivity contribution in [1.29, 1.82) is 0 Å². The van der Waals surface area contributed by atoms with E-state index in [0.29, 0.717) is 16.9 Å². The van der Waals surface area contributed by atoms with Gasteiger partial charge in [0.1, 0.15) is 0 Å². The van der Waals surface area contributed by atoms with Crippen molar-refractivity contribution >= 4 is 12.6 Å². The molecular weight excluding hydrogens is 261 g/mol. The van der Waals surface area contributed by atoms with Crippen LogP contribution in [-0.4, -0.2) is 29.3 Å². The molecule has 1 saturated heterocycles. The Morgan fingerprint density at radius 3 is 2.90 bits per heavy atom. The van der Waals surface area contributed by atoms with Gasteiger partial charge >= 0.3 is 7.12 Å². The van der Waals surface area contributed by atoms with E-state index in [2.05, 4.69) is 18.3 Å². The fraction of sp³-hybridized carbons (Fsp3) is 0.647. The highest BCUT2D eigenvalue weighted by Gasteiger charge is 2.50. The first-order valence-corrected chi connectivity index (χ1v) is 8.32. The van der Waals surface area contributed by atoms with Crippen molar-refractivity contribution < 1.29 is 10.0 Å². The Hall–Kier alpha value is -0.835. The van der Waals surface area contributed by atoms with Gasteiger partial charge in [-0.25, -0.2) is 0 Å². The summed E-state index contributed by atoms with van der Waals surface area (Å²) in [6.45, 7) is 3.59. The van der Waals surface area contributed by atoms with Crippen molar-refractivity contribution in [3.05, 3.63) is 29.3 Å². The summed E-state index contributed by atoms with van der Waals surface area (Å²) in [4.78, 5) is 0. The first kappa shape index (κ1) is 13.8. The number of hydrogen-bond donors (Lipinski definition) is 3. The number of benzene rings is 1. The Balaban J connectivity index is 1.68. The molecule has 112 valence electrons. The average Bonchev–Trinajstić information content (AvgIpc) is 2.88. The molecule has 21 heavy (non-hydrogen) atoms. The Bertz CT molecular complexity index is 562. The molecule has 3 N–H and O–H groups in total. The van der Waals surface area contributed by atoms with Crippen molar-refractivity contribution in [2.45, 2.75) is 50.5 Å².